The van der Waals surface area contributed by atoms with Gasteiger partial charge in [0.05, 0.1) is 39.8 Å². The molecule has 0 atom stereocenters. The van der Waals surface area contributed by atoms with Crippen molar-refractivity contribution < 1.29 is 19.7 Å². The Morgan fingerprint density at radius 2 is 1.35 bits per heavy atom. The third-order valence-corrected chi connectivity index (χ3v) is 2.76. The van der Waals surface area contributed by atoms with Gasteiger partial charge in [0.2, 0.25) is 0 Å². The average Bonchev–Trinajstić information content (AvgIpc) is 2.37. The number of nitrogens with zero attached hydrogens (tertiary/aromatic N) is 2. The molecule has 0 bridgehead atoms. The lowest BCUT2D eigenvalue weighted by molar-refractivity contribution is -0.0142. The van der Waals surface area contributed by atoms with E-state index in [0.717, 1.165) is 32.7 Å². The lowest BCUT2D eigenvalue weighted by atomic mass is 10.3. The normalized spacial score (nSPS) is 18.7. The molecule has 2 N–H and O–H groups in total. The van der Waals surface area contributed by atoms with Gasteiger partial charge >= 0.3 is 0 Å². The van der Waals surface area contributed by atoms with Crippen LogP contribution in [-0.2, 0) is 9.47 Å². The summed E-state index contributed by atoms with van der Waals surface area (Å²) >= 11 is 0. The summed E-state index contributed by atoms with van der Waals surface area (Å²) < 4.78 is 10.5. The fourth-order valence-electron chi connectivity index (χ4n) is 1.76. The summed E-state index contributed by atoms with van der Waals surface area (Å²) in [6.07, 6.45) is 0. The van der Waals surface area contributed by atoms with Crippen molar-refractivity contribution in [2.75, 3.05) is 72.5 Å². The molecule has 0 aliphatic carbocycles. The monoisotopic (exact) mass is 248 g/mol. The zero-order valence-electron chi connectivity index (χ0n) is 10.4. The van der Waals surface area contributed by atoms with Crippen LogP contribution in [0.5, 0.6) is 0 Å². The number of piperazine rings is 1. The van der Waals surface area contributed by atoms with E-state index in [0.29, 0.717) is 26.6 Å². The minimum atomic E-state index is 0.0855. The van der Waals surface area contributed by atoms with Crippen LogP contribution in [0.2, 0.25) is 0 Å². The summed E-state index contributed by atoms with van der Waals surface area (Å²) in [5, 5.41) is 17.2. The van der Waals surface area contributed by atoms with E-state index in [2.05, 4.69) is 9.80 Å². The van der Waals surface area contributed by atoms with Crippen LogP contribution in [0.4, 0.5) is 0 Å². The molecule has 0 aromatic heterocycles. The highest BCUT2D eigenvalue weighted by Gasteiger charge is 2.15. The molecule has 0 amide bonds. The molecule has 1 heterocycles. The van der Waals surface area contributed by atoms with E-state index in [1.807, 2.05) is 0 Å². The molecule has 1 saturated heterocycles. The number of aliphatic hydroxyl groups excluding tert-OH is 2. The van der Waals surface area contributed by atoms with Crippen molar-refractivity contribution in [3.8, 4) is 0 Å². The molecule has 1 aliphatic heterocycles. The van der Waals surface area contributed by atoms with Crippen LogP contribution in [0.15, 0.2) is 0 Å². The maximum absolute atomic E-state index is 8.60. The van der Waals surface area contributed by atoms with E-state index in [1.54, 1.807) is 0 Å². The van der Waals surface area contributed by atoms with Crippen molar-refractivity contribution in [2.45, 2.75) is 0 Å². The van der Waals surface area contributed by atoms with Crippen molar-refractivity contribution in [1.29, 1.82) is 0 Å². The molecular formula is C11H24N2O4. The summed E-state index contributed by atoms with van der Waals surface area (Å²) in [6.45, 7) is 7.25. The van der Waals surface area contributed by atoms with Crippen LogP contribution in [0.1, 0.15) is 0 Å². The standard InChI is InChI=1S/C11H24N2O4/c14-6-9-16-8-5-12-1-3-13(4-2-12)11-17-10-7-15/h14-15H,1-11H2. The van der Waals surface area contributed by atoms with Gasteiger partial charge in [-0.05, 0) is 0 Å². The summed E-state index contributed by atoms with van der Waals surface area (Å²) in [7, 11) is 0. The smallest absolute Gasteiger partial charge is 0.0992 e. The van der Waals surface area contributed by atoms with Gasteiger partial charge in [-0.25, -0.2) is 0 Å². The third kappa shape index (κ3) is 6.92. The van der Waals surface area contributed by atoms with Crippen molar-refractivity contribution in [3.05, 3.63) is 0 Å². The molecule has 0 aromatic rings. The molecule has 1 rings (SSSR count). The Bertz CT molecular complexity index is 175. The van der Waals surface area contributed by atoms with Gasteiger partial charge in [-0.1, -0.05) is 0 Å². The number of ether oxygens (including phenoxy) is 2. The van der Waals surface area contributed by atoms with Crippen molar-refractivity contribution in [1.82, 2.24) is 9.80 Å². The highest BCUT2D eigenvalue weighted by Crippen LogP contribution is 2.01. The molecule has 0 saturated carbocycles. The molecule has 0 spiro atoms. The predicted molar refractivity (Wildman–Crippen MR) is 63.8 cm³/mol. The molecule has 0 aromatic carbocycles. The van der Waals surface area contributed by atoms with E-state index in [4.69, 9.17) is 19.7 Å². The van der Waals surface area contributed by atoms with E-state index >= 15 is 0 Å². The van der Waals surface area contributed by atoms with Crippen molar-refractivity contribution in [3.63, 3.8) is 0 Å². The number of aliphatic hydroxyl groups is 2. The first-order valence-electron chi connectivity index (χ1n) is 6.18. The highest BCUT2D eigenvalue weighted by molar-refractivity contribution is 4.69. The Kier molecular flexibility index (Phi) is 8.50. The quantitative estimate of drug-likeness (QED) is 0.488. The lowest BCUT2D eigenvalue weighted by Crippen LogP contribution is -2.47. The Hall–Kier alpha value is -0.240. The SMILES string of the molecule is OCCOCCN1CCN(COCCO)CC1. The van der Waals surface area contributed by atoms with Crippen LogP contribution in [0.25, 0.3) is 0 Å². The summed E-state index contributed by atoms with van der Waals surface area (Å²) in [5.74, 6) is 0. The molecule has 1 fully saturated rings. The van der Waals surface area contributed by atoms with Crippen LogP contribution in [-0.4, -0.2) is 92.5 Å². The first kappa shape index (κ1) is 14.8. The van der Waals surface area contributed by atoms with Gasteiger partial charge in [0, 0.05) is 32.7 Å². The second kappa shape index (κ2) is 9.76. The van der Waals surface area contributed by atoms with Crippen molar-refractivity contribution >= 4 is 0 Å². The minimum absolute atomic E-state index is 0.0855. The molecule has 17 heavy (non-hydrogen) atoms. The lowest BCUT2D eigenvalue weighted by Gasteiger charge is -2.34. The number of hydrogen-bond donors (Lipinski definition) is 2. The summed E-state index contributed by atoms with van der Waals surface area (Å²) in [4.78, 5) is 4.58. The second-order valence-corrected chi connectivity index (χ2v) is 4.06. The molecule has 1 aliphatic rings. The predicted octanol–water partition coefficient (Wildman–Crippen LogP) is -1.42. The maximum Gasteiger partial charge on any atom is 0.0992 e. The number of hydrogen-bond acceptors (Lipinski definition) is 6. The number of rotatable bonds is 9. The molecule has 0 radical (unpaired) electrons. The second-order valence-electron chi connectivity index (χ2n) is 4.06. The van der Waals surface area contributed by atoms with E-state index in [1.165, 1.54) is 0 Å². The first-order chi connectivity index (χ1) is 8.36. The fraction of sp³-hybridized carbons (Fsp3) is 1.00. The third-order valence-electron chi connectivity index (χ3n) is 2.76. The van der Waals surface area contributed by atoms with Gasteiger partial charge < -0.3 is 19.7 Å². The van der Waals surface area contributed by atoms with Crippen LogP contribution >= 0.6 is 0 Å². The van der Waals surface area contributed by atoms with E-state index < -0.39 is 0 Å². The van der Waals surface area contributed by atoms with Gasteiger partial charge in [-0.2, -0.15) is 0 Å². The van der Waals surface area contributed by atoms with Gasteiger partial charge in [0.25, 0.3) is 0 Å². The largest absolute Gasteiger partial charge is 0.394 e. The first-order valence-corrected chi connectivity index (χ1v) is 6.18. The molecule has 6 heteroatoms. The Labute approximate surface area is 103 Å². The topological polar surface area (TPSA) is 65.4 Å². The van der Waals surface area contributed by atoms with Crippen LogP contribution in [0, 0.1) is 0 Å². The molecule has 6 nitrogen and oxygen atoms in total. The zero-order valence-corrected chi connectivity index (χ0v) is 10.4. The maximum atomic E-state index is 8.60. The molecular weight excluding hydrogens is 224 g/mol. The Morgan fingerprint density at radius 3 is 2.00 bits per heavy atom. The molecule has 0 unspecified atom stereocenters. The van der Waals surface area contributed by atoms with Gasteiger partial charge in [0.15, 0.2) is 0 Å². The minimum Gasteiger partial charge on any atom is -0.394 e. The Balaban J connectivity index is 1.97. The van der Waals surface area contributed by atoms with Gasteiger partial charge in [-0.15, -0.1) is 0 Å². The zero-order chi connectivity index (χ0) is 12.3. The Morgan fingerprint density at radius 1 is 0.765 bits per heavy atom. The van der Waals surface area contributed by atoms with E-state index in [9.17, 15) is 0 Å². The van der Waals surface area contributed by atoms with Gasteiger partial charge in [-0.3, -0.25) is 9.80 Å². The van der Waals surface area contributed by atoms with Crippen LogP contribution in [0.3, 0.4) is 0 Å². The van der Waals surface area contributed by atoms with Crippen LogP contribution < -0.4 is 0 Å². The average molecular weight is 248 g/mol. The highest BCUT2D eigenvalue weighted by atomic mass is 16.5. The van der Waals surface area contributed by atoms with E-state index in [-0.39, 0.29) is 13.2 Å². The summed E-state index contributed by atoms with van der Waals surface area (Å²) in [5.41, 5.74) is 0. The fourth-order valence-corrected chi connectivity index (χ4v) is 1.76. The van der Waals surface area contributed by atoms with Crippen molar-refractivity contribution in [2.24, 2.45) is 0 Å². The molecule has 102 valence electrons. The van der Waals surface area contributed by atoms with Gasteiger partial charge in [0.1, 0.15) is 0 Å². The summed E-state index contributed by atoms with van der Waals surface area (Å²) in [6, 6.07) is 0.